The van der Waals surface area contributed by atoms with Gasteiger partial charge in [-0.3, -0.25) is 4.79 Å². The second-order valence-electron chi connectivity index (χ2n) is 5.61. The Morgan fingerprint density at radius 1 is 1.47 bits per heavy atom. The first-order valence-corrected chi connectivity index (χ1v) is 8.11. The second kappa shape index (κ2) is 6.01. The highest BCUT2D eigenvalue weighted by atomic mass is 32.1. The summed E-state index contributed by atoms with van der Waals surface area (Å²) < 4.78 is 0. The molecule has 1 aromatic heterocycles. The summed E-state index contributed by atoms with van der Waals surface area (Å²) in [4.78, 5) is 16.3. The molecule has 1 aromatic rings. The molecule has 0 bridgehead atoms. The van der Waals surface area contributed by atoms with Crippen molar-refractivity contribution in [2.75, 3.05) is 13.1 Å². The van der Waals surface area contributed by atoms with Crippen molar-refractivity contribution in [1.82, 2.24) is 15.6 Å². The number of hydrogen-bond donors (Lipinski definition) is 2. The van der Waals surface area contributed by atoms with Crippen molar-refractivity contribution >= 4 is 17.2 Å². The summed E-state index contributed by atoms with van der Waals surface area (Å²) in [7, 11) is 0. The Morgan fingerprint density at radius 3 is 3.11 bits per heavy atom. The number of nitrogens with one attached hydrogen (secondary N) is 2. The van der Waals surface area contributed by atoms with Gasteiger partial charge in [-0.05, 0) is 44.7 Å². The van der Waals surface area contributed by atoms with Crippen molar-refractivity contribution < 1.29 is 4.79 Å². The molecule has 1 saturated heterocycles. The Kier molecular flexibility index (Phi) is 4.13. The first-order chi connectivity index (χ1) is 9.31. The minimum absolute atomic E-state index is 0.162. The van der Waals surface area contributed by atoms with Crippen molar-refractivity contribution in [1.29, 1.82) is 0 Å². The van der Waals surface area contributed by atoms with Crippen LogP contribution in [0.3, 0.4) is 0 Å². The summed E-state index contributed by atoms with van der Waals surface area (Å²) in [6, 6.07) is 0. The van der Waals surface area contributed by atoms with E-state index in [1.54, 1.807) is 11.3 Å². The van der Waals surface area contributed by atoms with Gasteiger partial charge in [-0.25, -0.2) is 4.98 Å². The van der Waals surface area contributed by atoms with Gasteiger partial charge in [-0.1, -0.05) is 0 Å². The van der Waals surface area contributed by atoms with E-state index in [0.29, 0.717) is 24.8 Å². The van der Waals surface area contributed by atoms with Crippen LogP contribution in [-0.4, -0.2) is 24.0 Å². The fourth-order valence-electron chi connectivity index (χ4n) is 2.53. The van der Waals surface area contributed by atoms with Gasteiger partial charge in [-0.2, -0.15) is 0 Å². The number of nitrogens with zero attached hydrogens (tertiary/aromatic N) is 1. The molecule has 4 nitrogen and oxygen atoms in total. The van der Waals surface area contributed by atoms with E-state index in [9.17, 15) is 4.79 Å². The number of carbonyl (C=O) groups is 1. The molecule has 2 fully saturated rings. The summed E-state index contributed by atoms with van der Waals surface area (Å²) in [5.41, 5.74) is 1.23. The van der Waals surface area contributed by atoms with E-state index in [0.717, 1.165) is 24.5 Å². The number of amides is 1. The smallest absolute Gasteiger partial charge is 0.220 e. The van der Waals surface area contributed by atoms with E-state index in [2.05, 4.69) is 21.0 Å². The Hall–Kier alpha value is -0.940. The van der Waals surface area contributed by atoms with E-state index in [4.69, 9.17) is 0 Å². The molecule has 5 heteroatoms. The molecule has 1 amide bonds. The van der Waals surface area contributed by atoms with E-state index in [1.165, 1.54) is 25.0 Å². The lowest BCUT2D eigenvalue weighted by Crippen LogP contribution is -2.23. The van der Waals surface area contributed by atoms with Crippen LogP contribution in [0.5, 0.6) is 0 Å². The first-order valence-electron chi connectivity index (χ1n) is 7.23. The molecular weight excluding hydrogens is 258 g/mol. The molecule has 1 saturated carbocycles. The third kappa shape index (κ3) is 3.76. The SMILES string of the molecule is O=C(CCC1CCNC1)NCc1nc(C2CC2)cs1. The molecule has 1 atom stereocenters. The lowest BCUT2D eigenvalue weighted by Gasteiger charge is -2.07. The van der Waals surface area contributed by atoms with Crippen LogP contribution >= 0.6 is 11.3 Å². The van der Waals surface area contributed by atoms with Crippen molar-refractivity contribution in [3.8, 4) is 0 Å². The van der Waals surface area contributed by atoms with Crippen molar-refractivity contribution in [3.05, 3.63) is 16.1 Å². The average Bonchev–Trinajstić information content (AvgIpc) is 2.95. The molecule has 0 spiro atoms. The zero-order chi connectivity index (χ0) is 13.1. The van der Waals surface area contributed by atoms with Crippen LogP contribution in [0, 0.1) is 5.92 Å². The van der Waals surface area contributed by atoms with Gasteiger partial charge < -0.3 is 10.6 Å². The average molecular weight is 279 g/mol. The topological polar surface area (TPSA) is 54.0 Å². The molecule has 19 heavy (non-hydrogen) atoms. The Labute approximate surface area is 118 Å². The van der Waals surface area contributed by atoms with Crippen LogP contribution < -0.4 is 10.6 Å². The molecule has 2 aliphatic rings. The molecule has 3 rings (SSSR count). The number of carbonyl (C=O) groups excluding carboxylic acids is 1. The highest BCUT2D eigenvalue weighted by Gasteiger charge is 2.26. The van der Waals surface area contributed by atoms with Gasteiger partial charge in [-0.15, -0.1) is 11.3 Å². The van der Waals surface area contributed by atoms with Crippen LogP contribution in [0.1, 0.15) is 48.7 Å². The van der Waals surface area contributed by atoms with Gasteiger partial charge in [0.15, 0.2) is 0 Å². The monoisotopic (exact) mass is 279 g/mol. The third-order valence-electron chi connectivity index (χ3n) is 3.94. The predicted molar refractivity (Wildman–Crippen MR) is 76.1 cm³/mol. The molecule has 1 aliphatic heterocycles. The molecular formula is C14H21N3OS. The fourth-order valence-corrected chi connectivity index (χ4v) is 3.35. The van der Waals surface area contributed by atoms with Gasteiger partial charge in [0.1, 0.15) is 5.01 Å². The van der Waals surface area contributed by atoms with Crippen LogP contribution in [0.4, 0.5) is 0 Å². The number of aromatic nitrogens is 1. The largest absolute Gasteiger partial charge is 0.350 e. The summed E-state index contributed by atoms with van der Waals surface area (Å²) in [5, 5.41) is 9.50. The molecule has 0 radical (unpaired) electrons. The lowest BCUT2D eigenvalue weighted by atomic mass is 10.0. The third-order valence-corrected chi connectivity index (χ3v) is 4.81. The standard InChI is InChI=1S/C14H21N3OS/c18-13(4-1-10-5-6-15-7-10)16-8-14-17-12(9-19-14)11-2-3-11/h9-11,15H,1-8H2,(H,16,18). The maximum atomic E-state index is 11.8. The van der Waals surface area contributed by atoms with Gasteiger partial charge in [0, 0.05) is 17.7 Å². The number of rotatable bonds is 6. The minimum atomic E-state index is 0.162. The predicted octanol–water partition coefficient (Wildman–Crippen LogP) is 2.03. The molecule has 1 aliphatic carbocycles. The number of thiazole rings is 1. The zero-order valence-electron chi connectivity index (χ0n) is 11.2. The zero-order valence-corrected chi connectivity index (χ0v) is 12.0. The fraction of sp³-hybridized carbons (Fsp3) is 0.714. The second-order valence-corrected chi connectivity index (χ2v) is 6.56. The van der Waals surface area contributed by atoms with Gasteiger partial charge in [0.25, 0.3) is 0 Å². The summed E-state index contributed by atoms with van der Waals surface area (Å²) in [6.07, 6.45) is 5.43. The summed E-state index contributed by atoms with van der Waals surface area (Å²) in [5.74, 6) is 1.55. The summed E-state index contributed by atoms with van der Waals surface area (Å²) in [6.45, 7) is 2.78. The van der Waals surface area contributed by atoms with Crippen LogP contribution in [0.15, 0.2) is 5.38 Å². The Morgan fingerprint density at radius 2 is 2.37 bits per heavy atom. The molecule has 2 heterocycles. The Balaban J connectivity index is 1.36. The van der Waals surface area contributed by atoms with E-state index >= 15 is 0 Å². The van der Waals surface area contributed by atoms with E-state index in [1.807, 2.05) is 0 Å². The summed E-state index contributed by atoms with van der Waals surface area (Å²) >= 11 is 1.67. The molecule has 104 valence electrons. The van der Waals surface area contributed by atoms with Crippen molar-refractivity contribution in [2.45, 2.75) is 44.6 Å². The van der Waals surface area contributed by atoms with Crippen molar-refractivity contribution in [2.24, 2.45) is 5.92 Å². The minimum Gasteiger partial charge on any atom is -0.350 e. The quantitative estimate of drug-likeness (QED) is 0.837. The van der Waals surface area contributed by atoms with Crippen LogP contribution in [0.2, 0.25) is 0 Å². The van der Waals surface area contributed by atoms with Crippen molar-refractivity contribution in [3.63, 3.8) is 0 Å². The van der Waals surface area contributed by atoms with Crippen LogP contribution in [0.25, 0.3) is 0 Å². The van der Waals surface area contributed by atoms with Gasteiger partial charge in [0.05, 0.1) is 12.2 Å². The van der Waals surface area contributed by atoms with Crippen LogP contribution in [-0.2, 0) is 11.3 Å². The molecule has 0 aromatic carbocycles. The lowest BCUT2D eigenvalue weighted by molar-refractivity contribution is -0.121. The highest BCUT2D eigenvalue weighted by Crippen LogP contribution is 2.40. The Bertz CT molecular complexity index is 436. The molecule has 2 N–H and O–H groups in total. The maximum absolute atomic E-state index is 11.8. The first kappa shape index (κ1) is 13.1. The van der Waals surface area contributed by atoms with E-state index < -0.39 is 0 Å². The van der Waals surface area contributed by atoms with Gasteiger partial charge in [0.2, 0.25) is 5.91 Å². The highest BCUT2D eigenvalue weighted by molar-refractivity contribution is 7.09. The van der Waals surface area contributed by atoms with E-state index in [-0.39, 0.29) is 5.91 Å². The molecule has 1 unspecified atom stereocenters. The maximum Gasteiger partial charge on any atom is 0.220 e. The normalized spacial score (nSPS) is 22.6. The van der Waals surface area contributed by atoms with Gasteiger partial charge >= 0.3 is 0 Å². The number of hydrogen-bond acceptors (Lipinski definition) is 4.